The summed E-state index contributed by atoms with van der Waals surface area (Å²) < 4.78 is 11.0. The summed E-state index contributed by atoms with van der Waals surface area (Å²) in [7, 11) is 0. The van der Waals surface area contributed by atoms with Crippen LogP contribution in [0.2, 0.25) is 0 Å². The van der Waals surface area contributed by atoms with E-state index in [0.29, 0.717) is 18.1 Å². The minimum atomic E-state index is -1.27. The van der Waals surface area contributed by atoms with Crippen LogP contribution in [-0.2, 0) is 30.5 Å². The predicted octanol–water partition coefficient (Wildman–Crippen LogP) is 4.45. The molecule has 218 valence electrons. The van der Waals surface area contributed by atoms with Gasteiger partial charge in [-0.15, -0.1) is 0 Å². The first-order valence-electron chi connectivity index (χ1n) is 13.8. The Morgan fingerprint density at radius 3 is 2.21 bits per heavy atom. The number of carboxylic acid groups (broad SMARTS) is 1. The second kappa shape index (κ2) is 13.6. The van der Waals surface area contributed by atoms with E-state index in [0.717, 1.165) is 27.8 Å². The van der Waals surface area contributed by atoms with E-state index in [1.54, 1.807) is 11.8 Å². The zero-order chi connectivity index (χ0) is 29.5. The Bertz CT molecular complexity index is 1400. The van der Waals surface area contributed by atoms with Gasteiger partial charge in [-0.05, 0) is 27.8 Å². The van der Waals surface area contributed by atoms with Crippen LogP contribution in [0.3, 0.4) is 0 Å². The number of hydrogen-bond donors (Lipinski definition) is 2. The average molecular weight is 589 g/mol. The minimum Gasteiger partial charge on any atom is -0.481 e. The third-order valence-corrected chi connectivity index (χ3v) is 8.56. The number of esters is 1. The maximum Gasteiger partial charge on any atom is 0.407 e. The number of alkyl carbamates (subject to hydrolysis) is 1. The number of hydrogen-bond acceptors (Lipinski definition) is 7. The molecule has 5 rings (SSSR count). The van der Waals surface area contributed by atoms with Crippen LogP contribution in [0.4, 0.5) is 4.79 Å². The van der Waals surface area contributed by atoms with Gasteiger partial charge in [-0.1, -0.05) is 78.9 Å². The molecule has 2 aliphatic rings. The molecule has 0 radical (unpaired) electrons. The molecular formula is C32H32N2O7S. The highest BCUT2D eigenvalue weighted by atomic mass is 32.2. The molecule has 1 unspecified atom stereocenters. The minimum absolute atomic E-state index is 0.0214. The van der Waals surface area contributed by atoms with Crippen molar-refractivity contribution in [3.63, 3.8) is 0 Å². The van der Waals surface area contributed by atoms with Crippen molar-refractivity contribution in [3.05, 3.63) is 95.6 Å². The molecule has 2 atom stereocenters. The van der Waals surface area contributed by atoms with Crippen LogP contribution in [0.25, 0.3) is 11.1 Å². The van der Waals surface area contributed by atoms with Gasteiger partial charge in [0.05, 0.1) is 18.9 Å². The highest BCUT2D eigenvalue weighted by Gasteiger charge is 2.36. The zero-order valence-electron chi connectivity index (χ0n) is 22.9. The van der Waals surface area contributed by atoms with E-state index in [1.807, 2.05) is 78.9 Å². The SMILES string of the molecule is O=C(O)CC1CSCCN1C(=O)[C@H](CC(=O)OCc1ccccc1)NC(=O)OCC1c2ccccc2-c2ccccc21. The van der Waals surface area contributed by atoms with E-state index in [1.165, 1.54) is 4.90 Å². The predicted molar refractivity (Wildman–Crippen MR) is 158 cm³/mol. The molecule has 2 N–H and O–H groups in total. The summed E-state index contributed by atoms with van der Waals surface area (Å²) >= 11 is 1.56. The first-order chi connectivity index (χ1) is 20.4. The van der Waals surface area contributed by atoms with Crippen molar-refractivity contribution in [1.29, 1.82) is 0 Å². The van der Waals surface area contributed by atoms with Crippen LogP contribution < -0.4 is 5.32 Å². The normalized spacial score (nSPS) is 16.6. The molecule has 0 spiro atoms. The van der Waals surface area contributed by atoms with Crippen LogP contribution in [0.5, 0.6) is 0 Å². The summed E-state index contributed by atoms with van der Waals surface area (Å²) in [6.07, 6.45) is -1.49. The quantitative estimate of drug-likeness (QED) is 0.333. The maximum atomic E-state index is 13.7. The monoisotopic (exact) mass is 588 g/mol. The molecule has 0 saturated carbocycles. The molecule has 2 amide bonds. The van der Waals surface area contributed by atoms with Gasteiger partial charge in [0.1, 0.15) is 19.3 Å². The zero-order valence-corrected chi connectivity index (χ0v) is 23.8. The summed E-state index contributed by atoms with van der Waals surface area (Å²) in [4.78, 5) is 52.5. The molecule has 1 fully saturated rings. The smallest absolute Gasteiger partial charge is 0.407 e. The fraction of sp³-hybridized carbons (Fsp3) is 0.312. The third kappa shape index (κ3) is 6.94. The van der Waals surface area contributed by atoms with Crippen molar-refractivity contribution < 1.29 is 33.8 Å². The van der Waals surface area contributed by atoms with Crippen molar-refractivity contribution >= 4 is 35.7 Å². The summed E-state index contributed by atoms with van der Waals surface area (Å²) in [5, 5.41) is 12.0. The molecule has 0 bridgehead atoms. The van der Waals surface area contributed by atoms with Gasteiger partial charge < -0.3 is 24.8 Å². The van der Waals surface area contributed by atoms with Crippen LogP contribution in [0.15, 0.2) is 78.9 Å². The van der Waals surface area contributed by atoms with Crippen molar-refractivity contribution in [2.24, 2.45) is 0 Å². The number of fused-ring (bicyclic) bond motifs is 3. The molecule has 10 heteroatoms. The maximum absolute atomic E-state index is 13.7. The molecule has 1 heterocycles. The summed E-state index contributed by atoms with van der Waals surface area (Å²) in [5.41, 5.74) is 5.05. The van der Waals surface area contributed by atoms with Gasteiger partial charge in [-0.2, -0.15) is 11.8 Å². The summed E-state index contributed by atoms with van der Waals surface area (Å²) in [5.74, 6) is -1.33. The summed E-state index contributed by atoms with van der Waals surface area (Å²) in [6, 6.07) is 23.2. The van der Waals surface area contributed by atoms with E-state index in [9.17, 15) is 24.3 Å². The number of carboxylic acids is 1. The van der Waals surface area contributed by atoms with Crippen LogP contribution in [0.1, 0.15) is 35.4 Å². The van der Waals surface area contributed by atoms with Crippen molar-refractivity contribution in [1.82, 2.24) is 10.2 Å². The van der Waals surface area contributed by atoms with Crippen molar-refractivity contribution in [3.8, 4) is 11.1 Å². The van der Waals surface area contributed by atoms with Crippen molar-refractivity contribution in [2.75, 3.05) is 24.7 Å². The number of aliphatic carboxylic acids is 1. The Kier molecular flexibility index (Phi) is 9.43. The number of nitrogens with one attached hydrogen (secondary N) is 1. The fourth-order valence-electron chi connectivity index (χ4n) is 5.46. The largest absolute Gasteiger partial charge is 0.481 e. The number of carbonyl (C=O) groups excluding carboxylic acids is 3. The van der Waals surface area contributed by atoms with Gasteiger partial charge in [0, 0.05) is 24.0 Å². The topological polar surface area (TPSA) is 122 Å². The fourth-order valence-corrected chi connectivity index (χ4v) is 6.52. The third-order valence-electron chi connectivity index (χ3n) is 7.47. The second-order valence-electron chi connectivity index (χ2n) is 10.2. The molecule has 1 aliphatic carbocycles. The lowest BCUT2D eigenvalue weighted by molar-refractivity contribution is -0.149. The Morgan fingerprint density at radius 1 is 0.905 bits per heavy atom. The van der Waals surface area contributed by atoms with Gasteiger partial charge in [0.2, 0.25) is 5.91 Å². The number of rotatable bonds is 10. The number of thioether (sulfide) groups is 1. The van der Waals surface area contributed by atoms with E-state index in [2.05, 4.69) is 5.32 Å². The molecule has 3 aromatic carbocycles. The Morgan fingerprint density at radius 2 is 1.55 bits per heavy atom. The van der Waals surface area contributed by atoms with Gasteiger partial charge in [0.25, 0.3) is 0 Å². The van der Waals surface area contributed by atoms with E-state index < -0.39 is 42.4 Å². The second-order valence-corrected chi connectivity index (χ2v) is 11.4. The molecule has 9 nitrogen and oxygen atoms in total. The standard InChI is InChI=1S/C32H32N2O7S/c35-29(36)16-22-20-42-15-14-34(22)31(38)28(17-30(37)40-18-21-8-2-1-3-9-21)33-32(39)41-19-27-25-12-6-4-10-23(25)24-11-5-7-13-26(24)27/h1-13,22,27-28H,14-20H2,(H,33,39)(H,35,36)/t22?,28-/m0/s1. The molecule has 42 heavy (non-hydrogen) atoms. The highest BCUT2D eigenvalue weighted by Crippen LogP contribution is 2.44. The van der Waals surface area contributed by atoms with Crippen LogP contribution in [-0.4, -0.2) is 70.7 Å². The highest BCUT2D eigenvalue weighted by molar-refractivity contribution is 7.99. The number of carbonyl (C=O) groups is 4. The molecule has 1 saturated heterocycles. The van der Waals surface area contributed by atoms with E-state index in [-0.39, 0.29) is 25.6 Å². The van der Waals surface area contributed by atoms with Crippen LogP contribution >= 0.6 is 11.8 Å². The van der Waals surface area contributed by atoms with Gasteiger partial charge in [-0.3, -0.25) is 14.4 Å². The molecular weight excluding hydrogens is 556 g/mol. The summed E-state index contributed by atoms with van der Waals surface area (Å²) in [6.45, 7) is 0.373. The Balaban J connectivity index is 1.28. The number of nitrogens with zero attached hydrogens (tertiary/aromatic N) is 1. The Labute approximate surface area is 248 Å². The lowest BCUT2D eigenvalue weighted by Crippen LogP contribution is -2.55. The van der Waals surface area contributed by atoms with Gasteiger partial charge >= 0.3 is 18.0 Å². The number of ether oxygens (including phenoxy) is 2. The lowest BCUT2D eigenvalue weighted by Gasteiger charge is -2.36. The molecule has 3 aromatic rings. The van der Waals surface area contributed by atoms with E-state index >= 15 is 0 Å². The van der Waals surface area contributed by atoms with Gasteiger partial charge in [-0.25, -0.2) is 4.79 Å². The van der Waals surface area contributed by atoms with Crippen LogP contribution in [0, 0.1) is 0 Å². The Hall–Kier alpha value is -4.31. The van der Waals surface area contributed by atoms with E-state index in [4.69, 9.17) is 9.47 Å². The average Bonchev–Trinajstić information content (AvgIpc) is 3.32. The first-order valence-corrected chi connectivity index (χ1v) is 15.0. The lowest BCUT2D eigenvalue weighted by atomic mass is 9.98. The number of benzene rings is 3. The van der Waals surface area contributed by atoms with Crippen molar-refractivity contribution in [2.45, 2.75) is 37.5 Å². The first kappa shape index (κ1) is 29.2. The molecule has 1 aliphatic heterocycles. The van der Waals surface area contributed by atoms with Gasteiger partial charge in [0.15, 0.2) is 0 Å². The number of amides is 2. The molecule has 0 aromatic heterocycles.